The molecule has 0 aliphatic heterocycles. The van der Waals surface area contributed by atoms with Crippen LogP contribution in [0.5, 0.6) is 0 Å². The van der Waals surface area contributed by atoms with Gasteiger partial charge in [0.25, 0.3) is 0 Å². The first-order chi connectivity index (χ1) is 7.50. The molecule has 4 heteroatoms. The van der Waals surface area contributed by atoms with Crippen LogP contribution in [0.15, 0.2) is 17.5 Å². The number of thiophene rings is 1. The predicted octanol–water partition coefficient (Wildman–Crippen LogP) is 2.30. The van der Waals surface area contributed by atoms with E-state index in [0.717, 1.165) is 0 Å². The zero-order valence-corrected chi connectivity index (χ0v) is 10.9. The lowest BCUT2D eigenvalue weighted by atomic mass is 10.0. The molecule has 0 saturated carbocycles. The smallest absolute Gasteiger partial charge is 0.218 e. The van der Waals surface area contributed by atoms with Crippen molar-refractivity contribution in [2.45, 2.75) is 39.3 Å². The molecular weight excluding hydrogens is 220 g/mol. The van der Waals surface area contributed by atoms with Gasteiger partial charge in [0, 0.05) is 23.4 Å². The van der Waals surface area contributed by atoms with Gasteiger partial charge in [0.2, 0.25) is 5.91 Å². The van der Waals surface area contributed by atoms with Crippen molar-refractivity contribution in [1.82, 2.24) is 5.32 Å². The fourth-order valence-electron chi connectivity index (χ4n) is 1.74. The minimum Gasteiger partial charge on any atom is -0.370 e. The van der Waals surface area contributed by atoms with Crippen molar-refractivity contribution in [3.05, 3.63) is 22.4 Å². The number of hydrogen-bond donors (Lipinski definition) is 2. The Kier molecular flexibility index (Phi) is 4.96. The summed E-state index contributed by atoms with van der Waals surface area (Å²) < 4.78 is 0. The molecule has 0 saturated heterocycles. The Morgan fingerprint density at radius 3 is 2.62 bits per heavy atom. The third-order valence-corrected chi connectivity index (χ3v) is 3.44. The number of rotatable bonds is 6. The summed E-state index contributed by atoms with van der Waals surface area (Å²) in [7, 11) is 0. The molecule has 16 heavy (non-hydrogen) atoms. The van der Waals surface area contributed by atoms with Crippen LogP contribution in [0.1, 0.15) is 38.1 Å². The number of carbonyl (C=O) groups excluding carboxylic acids is 1. The molecule has 90 valence electrons. The standard InChI is InChI=1S/C12H20N2OS/c1-8(2)12(10-5-4-6-16-10)14-9(3)7-11(13)15/h4-6,8-9,12,14H,7H2,1-3H3,(H2,13,15). The highest BCUT2D eigenvalue weighted by Crippen LogP contribution is 2.26. The largest absolute Gasteiger partial charge is 0.370 e. The first-order valence-corrected chi connectivity index (χ1v) is 6.46. The average molecular weight is 240 g/mol. The Hall–Kier alpha value is -0.870. The molecule has 0 radical (unpaired) electrons. The summed E-state index contributed by atoms with van der Waals surface area (Å²) >= 11 is 1.74. The molecule has 1 aromatic rings. The normalized spacial score (nSPS) is 15.0. The minimum absolute atomic E-state index is 0.118. The highest BCUT2D eigenvalue weighted by molar-refractivity contribution is 7.10. The van der Waals surface area contributed by atoms with Crippen molar-refractivity contribution < 1.29 is 4.79 Å². The van der Waals surface area contributed by atoms with Crippen LogP contribution >= 0.6 is 11.3 Å². The Morgan fingerprint density at radius 2 is 2.19 bits per heavy atom. The van der Waals surface area contributed by atoms with Crippen molar-refractivity contribution >= 4 is 17.2 Å². The van der Waals surface area contributed by atoms with Crippen LogP contribution < -0.4 is 11.1 Å². The molecule has 0 bridgehead atoms. The number of primary amides is 1. The Balaban J connectivity index is 2.62. The maximum absolute atomic E-state index is 10.8. The van der Waals surface area contributed by atoms with Gasteiger partial charge in [-0.2, -0.15) is 0 Å². The van der Waals surface area contributed by atoms with E-state index < -0.39 is 0 Å². The summed E-state index contributed by atoms with van der Waals surface area (Å²) in [5, 5.41) is 5.53. The summed E-state index contributed by atoms with van der Waals surface area (Å²) in [4.78, 5) is 12.1. The molecule has 1 amide bonds. The van der Waals surface area contributed by atoms with E-state index >= 15 is 0 Å². The maximum Gasteiger partial charge on any atom is 0.218 e. The van der Waals surface area contributed by atoms with E-state index in [-0.39, 0.29) is 11.9 Å². The van der Waals surface area contributed by atoms with Crippen LogP contribution in [0, 0.1) is 5.92 Å². The molecule has 3 nitrogen and oxygen atoms in total. The van der Waals surface area contributed by atoms with Gasteiger partial charge in [-0.3, -0.25) is 4.79 Å². The number of hydrogen-bond acceptors (Lipinski definition) is 3. The van der Waals surface area contributed by atoms with Gasteiger partial charge >= 0.3 is 0 Å². The molecular formula is C12H20N2OS. The van der Waals surface area contributed by atoms with E-state index in [1.165, 1.54) is 4.88 Å². The van der Waals surface area contributed by atoms with Crippen molar-refractivity contribution in [3.8, 4) is 0 Å². The fraction of sp³-hybridized carbons (Fsp3) is 0.583. The lowest BCUT2D eigenvalue weighted by Gasteiger charge is -2.25. The SMILES string of the molecule is CC(CC(N)=O)NC(c1cccs1)C(C)C. The first kappa shape index (κ1) is 13.2. The number of amides is 1. The molecule has 3 N–H and O–H groups in total. The Bertz CT molecular complexity index is 322. The van der Waals surface area contributed by atoms with Crippen molar-refractivity contribution in [2.24, 2.45) is 11.7 Å². The van der Waals surface area contributed by atoms with Crippen LogP contribution in [0.3, 0.4) is 0 Å². The van der Waals surface area contributed by atoms with E-state index in [1.54, 1.807) is 11.3 Å². The highest BCUT2D eigenvalue weighted by atomic mass is 32.1. The molecule has 0 spiro atoms. The van der Waals surface area contributed by atoms with Gasteiger partial charge in [-0.1, -0.05) is 19.9 Å². The monoisotopic (exact) mass is 240 g/mol. The molecule has 0 fully saturated rings. The van der Waals surface area contributed by atoms with Crippen LogP contribution in [0.4, 0.5) is 0 Å². The van der Waals surface area contributed by atoms with E-state index in [9.17, 15) is 4.79 Å². The molecule has 2 atom stereocenters. The molecule has 2 unspecified atom stereocenters. The molecule has 1 rings (SSSR count). The van der Waals surface area contributed by atoms with Gasteiger partial charge in [0.15, 0.2) is 0 Å². The summed E-state index contributed by atoms with van der Waals surface area (Å²) in [5.74, 6) is 0.239. The quantitative estimate of drug-likeness (QED) is 0.801. The molecule has 1 heterocycles. The van der Waals surface area contributed by atoms with Gasteiger partial charge in [0.1, 0.15) is 0 Å². The van der Waals surface area contributed by atoms with Gasteiger partial charge < -0.3 is 11.1 Å². The van der Waals surface area contributed by atoms with Crippen molar-refractivity contribution in [3.63, 3.8) is 0 Å². The van der Waals surface area contributed by atoms with E-state index in [1.807, 2.05) is 6.92 Å². The van der Waals surface area contributed by atoms with Gasteiger partial charge in [-0.15, -0.1) is 11.3 Å². The highest BCUT2D eigenvalue weighted by Gasteiger charge is 2.19. The Labute approximate surface area is 101 Å². The van der Waals surface area contributed by atoms with E-state index in [4.69, 9.17) is 5.73 Å². The van der Waals surface area contributed by atoms with Crippen molar-refractivity contribution in [1.29, 1.82) is 0 Å². The summed E-state index contributed by atoms with van der Waals surface area (Å²) in [6.07, 6.45) is 0.384. The molecule has 0 aliphatic rings. The number of nitrogens with one attached hydrogen (secondary N) is 1. The minimum atomic E-state index is -0.256. The third kappa shape index (κ3) is 3.94. The van der Waals surface area contributed by atoms with Gasteiger partial charge in [0.05, 0.1) is 0 Å². The third-order valence-electron chi connectivity index (χ3n) is 2.49. The average Bonchev–Trinajstić information content (AvgIpc) is 2.64. The Morgan fingerprint density at radius 1 is 1.50 bits per heavy atom. The van der Waals surface area contributed by atoms with Crippen LogP contribution in [0.2, 0.25) is 0 Å². The zero-order valence-electron chi connectivity index (χ0n) is 10.1. The molecule has 0 aliphatic carbocycles. The lowest BCUT2D eigenvalue weighted by Crippen LogP contribution is -2.35. The van der Waals surface area contributed by atoms with E-state index in [2.05, 4.69) is 36.7 Å². The van der Waals surface area contributed by atoms with Crippen LogP contribution in [-0.2, 0) is 4.79 Å². The summed E-state index contributed by atoms with van der Waals surface area (Å²) in [5.41, 5.74) is 5.19. The zero-order chi connectivity index (χ0) is 12.1. The molecule has 1 aromatic heterocycles. The van der Waals surface area contributed by atoms with Crippen LogP contribution in [-0.4, -0.2) is 11.9 Å². The summed E-state index contributed by atoms with van der Waals surface area (Å²) in [6, 6.07) is 4.59. The summed E-state index contributed by atoms with van der Waals surface area (Å²) in [6.45, 7) is 6.34. The second kappa shape index (κ2) is 6.01. The first-order valence-electron chi connectivity index (χ1n) is 5.58. The van der Waals surface area contributed by atoms with Crippen LogP contribution in [0.25, 0.3) is 0 Å². The van der Waals surface area contributed by atoms with Crippen molar-refractivity contribution in [2.75, 3.05) is 0 Å². The maximum atomic E-state index is 10.8. The van der Waals surface area contributed by atoms with Gasteiger partial charge in [-0.25, -0.2) is 0 Å². The lowest BCUT2D eigenvalue weighted by molar-refractivity contribution is -0.118. The number of nitrogens with two attached hydrogens (primary N) is 1. The topological polar surface area (TPSA) is 55.1 Å². The number of carbonyl (C=O) groups is 1. The second-order valence-corrected chi connectivity index (χ2v) is 5.45. The predicted molar refractivity (Wildman–Crippen MR) is 68.3 cm³/mol. The fourth-order valence-corrected chi connectivity index (χ4v) is 2.70. The second-order valence-electron chi connectivity index (χ2n) is 4.48. The van der Waals surface area contributed by atoms with Gasteiger partial charge in [-0.05, 0) is 24.3 Å². The molecule has 0 aromatic carbocycles. The van der Waals surface area contributed by atoms with E-state index in [0.29, 0.717) is 18.4 Å².